The molecule has 1 aromatic carbocycles. The molecule has 1 N–H and O–H groups in total. The summed E-state index contributed by atoms with van der Waals surface area (Å²) in [6.45, 7) is 4.08. The highest BCUT2D eigenvalue weighted by Crippen LogP contribution is 2.40. The summed E-state index contributed by atoms with van der Waals surface area (Å²) in [7, 11) is 3.40. The number of methoxy groups -OCH3 is 2. The van der Waals surface area contributed by atoms with Gasteiger partial charge in [-0.2, -0.15) is 0 Å². The van der Waals surface area contributed by atoms with Crippen LogP contribution in [0.2, 0.25) is 0 Å². The molecule has 6 heteroatoms. The summed E-state index contributed by atoms with van der Waals surface area (Å²) in [4.78, 5) is 3.83. The van der Waals surface area contributed by atoms with Gasteiger partial charge in [0.25, 0.3) is 0 Å². The molecule has 2 heterocycles. The van der Waals surface area contributed by atoms with Crippen LogP contribution in [0.4, 0.5) is 0 Å². The van der Waals surface area contributed by atoms with Crippen LogP contribution in [0.15, 0.2) is 34.1 Å². The van der Waals surface area contributed by atoms with Gasteiger partial charge >= 0.3 is 0 Å². The zero-order valence-electron chi connectivity index (χ0n) is 13.3. The van der Waals surface area contributed by atoms with Crippen LogP contribution < -0.4 is 14.8 Å². The first-order chi connectivity index (χ1) is 11.2. The maximum atomic E-state index is 5.66. The first-order valence-electron chi connectivity index (χ1n) is 7.65. The minimum atomic E-state index is 0.203. The second-order valence-electron chi connectivity index (χ2n) is 5.44. The van der Waals surface area contributed by atoms with Crippen LogP contribution in [0.3, 0.4) is 0 Å². The molecule has 124 valence electrons. The van der Waals surface area contributed by atoms with Crippen molar-refractivity contribution in [1.82, 2.24) is 10.2 Å². The number of halogens is 1. The van der Waals surface area contributed by atoms with E-state index in [0.29, 0.717) is 0 Å². The van der Waals surface area contributed by atoms with Crippen molar-refractivity contribution in [2.45, 2.75) is 6.04 Å². The topological polar surface area (TPSA) is 33.7 Å². The molecule has 0 amide bonds. The van der Waals surface area contributed by atoms with Crippen molar-refractivity contribution in [2.24, 2.45) is 0 Å². The van der Waals surface area contributed by atoms with E-state index in [4.69, 9.17) is 9.47 Å². The smallest absolute Gasteiger partial charge is 0.127 e. The fourth-order valence-electron chi connectivity index (χ4n) is 2.99. The van der Waals surface area contributed by atoms with Gasteiger partial charge in [0.1, 0.15) is 11.5 Å². The Hall–Kier alpha value is -1.08. The molecule has 1 atom stereocenters. The molecule has 0 radical (unpaired) electrons. The summed E-state index contributed by atoms with van der Waals surface area (Å²) in [6.07, 6.45) is 0. The molecule has 0 spiro atoms. The van der Waals surface area contributed by atoms with Gasteiger partial charge in [0.15, 0.2) is 0 Å². The van der Waals surface area contributed by atoms with E-state index in [2.05, 4.69) is 44.3 Å². The Bertz CT molecular complexity index is 656. The van der Waals surface area contributed by atoms with Crippen LogP contribution in [-0.4, -0.2) is 45.3 Å². The standard InChI is InChI=1S/C17H21BrN2O2S/c1-21-12-3-4-13(14(11-12)22-2)17(15-5-6-16(18)23-15)20-9-7-19-8-10-20/h3-6,11,17,19H,7-10H2,1-2H3. The summed E-state index contributed by atoms with van der Waals surface area (Å²) in [5, 5.41) is 3.43. The van der Waals surface area contributed by atoms with Crippen LogP contribution >= 0.6 is 27.3 Å². The van der Waals surface area contributed by atoms with Gasteiger partial charge in [0.05, 0.1) is 24.0 Å². The first kappa shape index (κ1) is 16.8. The second-order valence-corrected chi connectivity index (χ2v) is 7.93. The molecule has 2 aromatic rings. The number of thiophene rings is 1. The highest BCUT2D eigenvalue weighted by Gasteiger charge is 2.27. The van der Waals surface area contributed by atoms with Crippen molar-refractivity contribution >= 4 is 27.3 Å². The number of nitrogens with one attached hydrogen (secondary N) is 1. The average Bonchev–Trinajstić information content (AvgIpc) is 3.02. The van der Waals surface area contributed by atoms with Crippen molar-refractivity contribution in [1.29, 1.82) is 0 Å². The Morgan fingerprint density at radius 2 is 1.91 bits per heavy atom. The lowest BCUT2D eigenvalue weighted by atomic mass is 10.0. The van der Waals surface area contributed by atoms with Gasteiger partial charge < -0.3 is 14.8 Å². The lowest BCUT2D eigenvalue weighted by Gasteiger charge is -2.35. The third kappa shape index (κ3) is 3.71. The van der Waals surface area contributed by atoms with Gasteiger partial charge in [-0.15, -0.1) is 11.3 Å². The van der Waals surface area contributed by atoms with Crippen LogP contribution in [0.1, 0.15) is 16.5 Å². The third-order valence-corrected chi connectivity index (χ3v) is 5.79. The van der Waals surface area contributed by atoms with E-state index in [-0.39, 0.29) is 6.04 Å². The summed E-state index contributed by atoms with van der Waals surface area (Å²) < 4.78 is 12.1. The highest BCUT2D eigenvalue weighted by atomic mass is 79.9. The fourth-order valence-corrected chi connectivity index (χ4v) is 4.57. The Kier molecular flexibility index (Phi) is 5.58. The minimum Gasteiger partial charge on any atom is -0.497 e. The SMILES string of the molecule is COc1ccc(C(c2ccc(Br)s2)N2CCNCC2)c(OC)c1. The van der Waals surface area contributed by atoms with Gasteiger partial charge in [-0.1, -0.05) is 0 Å². The number of hydrogen-bond acceptors (Lipinski definition) is 5. The summed E-state index contributed by atoms with van der Waals surface area (Å²) >= 11 is 5.37. The quantitative estimate of drug-likeness (QED) is 0.837. The van der Waals surface area contributed by atoms with E-state index in [1.165, 1.54) is 10.4 Å². The molecule has 0 bridgehead atoms. The molecule has 1 aliphatic heterocycles. The molecule has 3 rings (SSSR count). The Balaban J connectivity index is 2.03. The summed E-state index contributed by atoms with van der Waals surface area (Å²) in [5.74, 6) is 1.69. The monoisotopic (exact) mass is 396 g/mol. The van der Waals surface area contributed by atoms with Gasteiger partial charge in [0.2, 0.25) is 0 Å². The summed E-state index contributed by atoms with van der Waals surface area (Å²) in [5.41, 5.74) is 1.18. The van der Waals surface area contributed by atoms with Crippen molar-refractivity contribution in [3.63, 3.8) is 0 Å². The van der Waals surface area contributed by atoms with Gasteiger partial charge in [0, 0.05) is 42.7 Å². The predicted octanol–water partition coefficient (Wildman–Crippen LogP) is 3.52. The van der Waals surface area contributed by atoms with Gasteiger partial charge in [-0.25, -0.2) is 0 Å². The molecule has 0 saturated carbocycles. The molecule has 1 fully saturated rings. The maximum absolute atomic E-state index is 5.66. The number of hydrogen-bond donors (Lipinski definition) is 1. The van der Waals surface area contributed by atoms with Crippen molar-refractivity contribution in [2.75, 3.05) is 40.4 Å². The zero-order chi connectivity index (χ0) is 16.2. The molecule has 1 aromatic heterocycles. The van der Waals surface area contributed by atoms with Crippen LogP contribution in [0.25, 0.3) is 0 Å². The molecule has 4 nitrogen and oxygen atoms in total. The minimum absolute atomic E-state index is 0.203. The number of piperazine rings is 1. The van der Waals surface area contributed by atoms with E-state index in [9.17, 15) is 0 Å². The molecule has 1 saturated heterocycles. The van der Waals surface area contributed by atoms with E-state index in [0.717, 1.165) is 41.5 Å². The van der Waals surface area contributed by atoms with E-state index in [1.807, 2.05) is 12.1 Å². The molecule has 0 aliphatic carbocycles. The van der Waals surface area contributed by atoms with E-state index < -0.39 is 0 Å². The van der Waals surface area contributed by atoms with Crippen molar-refractivity contribution in [3.05, 3.63) is 44.6 Å². The highest BCUT2D eigenvalue weighted by molar-refractivity contribution is 9.11. The Morgan fingerprint density at radius 3 is 2.52 bits per heavy atom. The number of ether oxygens (including phenoxy) is 2. The Morgan fingerprint density at radius 1 is 1.13 bits per heavy atom. The predicted molar refractivity (Wildman–Crippen MR) is 97.9 cm³/mol. The van der Waals surface area contributed by atoms with Gasteiger partial charge in [-0.05, 0) is 40.2 Å². The number of benzene rings is 1. The van der Waals surface area contributed by atoms with Crippen LogP contribution in [-0.2, 0) is 0 Å². The molecule has 1 aliphatic rings. The largest absolute Gasteiger partial charge is 0.497 e. The first-order valence-corrected chi connectivity index (χ1v) is 9.26. The molecule has 1 unspecified atom stereocenters. The van der Waals surface area contributed by atoms with Crippen LogP contribution in [0.5, 0.6) is 11.5 Å². The molecular weight excluding hydrogens is 376 g/mol. The second kappa shape index (κ2) is 7.66. The number of nitrogens with zero attached hydrogens (tertiary/aromatic N) is 1. The zero-order valence-corrected chi connectivity index (χ0v) is 15.7. The lowest BCUT2D eigenvalue weighted by molar-refractivity contribution is 0.197. The molecule has 23 heavy (non-hydrogen) atoms. The number of rotatable bonds is 5. The van der Waals surface area contributed by atoms with Gasteiger partial charge in [-0.3, -0.25) is 4.90 Å². The van der Waals surface area contributed by atoms with Crippen molar-refractivity contribution in [3.8, 4) is 11.5 Å². The normalized spacial score (nSPS) is 17.0. The third-order valence-electron chi connectivity index (χ3n) is 4.12. The average molecular weight is 397 g/mol. The van der Waals surface area contributed by atoms with E-state index in [1.54, 1.807) is 25.6 Å². The lowest BCUT2D eigenvalue weighted by Crippen LogP contribution is -2.45. The maximum Gasteiger partial charge on any atom is 0.127 e. The molecular formula is C17H21BrN2O2S. The fraction of sp³-hybridized carbons (Fsp3) is 0.412. The summed E-state index contributed by atoms with van der Waals surface area (Å²) in [6, 6.07) is 10.6. The van der Waals surface area contributed by atoms with Crippen LogP contribution in [0, 0.1) is 0 Å². The van der Waals surface area contributed by atoms with E-state index >= 15 is 0 Å². The Labute approximate surface area is 149 Å². The van der Waals surface area contributed by atoms with Crippen molar-refractivity contribution < 1.29 is 9.47 Å².